The van der Waals surface area contributed by atoms with Crippen molar-refractivity contribution in [1.82, 2.24) is 14.5 Å². The van der Waals surface area contributed by atoms with Gasteiger partial charge < -0.3 is 9.84 Å². The second kappa shape index (κ2) is 12.1. The summed E-state index contributed by atoms with van der Waals surface area (Å²) in [7, 11) is -4.54. The molecule has 2 aromatic heterocycles. The molecule has 0 radical (unpaired) electrons. The van der Waals surface area contributed by atoms with Gasteiger partial charge >= 0.3 is 0 Å². The molecule has 41 heavy (non-hydrogen) atoms. The lowest BCUT2D eigenvalue weighted by Crippen LogP contribution is -2.28. The third-order valence-corrected chi connectivity index (χ3v) is 8.25. The van der Waals surface area contributed by atoms with E-state index in [0.29, 0.717) is 34.2 Å². The molecule has 1 unspecified atom stereocenters. The van der Waals surface area contributed by atoms with Crippen LogP contribution in [0, 0.1) is 22.7 Å². The molecule has 0 fully saturated rings. The molecule has 0 aliphatic heterocycles. The Balaban J connectivity index is 1.88. The first-order chi connectivity index (χ1) is 19.6. The molecule has 208 valence electrons. The number of pyridine rings is 1. The third kappa shape index (κ3) is 5.87. The number of benzene rings is 2. The second-order valence-electron chi connectivity index (χ2n) is 9.44. The fraction of sp³-hybridized carbons (Fsp3) is 0.233. The monoisotopic (exact) mass is 569 g/mol. The van der Waals surface area contributed by atoms with Crippen molar-refractivity contribution in [2.24, 2.45) is 0 Å². The average molecular weight is 570 g/mol. The fourth-order valence-electron chi connectivity index (χ4n) is 4.49. The molecular weight excluding hydrogens is 542 g/mol. The van der Waals surface area contributed by atoms with Crippen molar-refractivity contribution in [3.05, 3.63) is 99.9 Å². The zero-order valence-electron chi connectivity index (χ0n) is 22.6. The van der Waals surface area contributed by atoms with Gasteiger partial charge in [-0.1, -0.05) is 31.2 Å². The fourth-order valence-corrected chi connectivity index (χ4v) is 5.84. The van der Waals surface area contributed by atoms with E-state index in [-0.39, 0.29) is 23.4 Å². The van der Waals surface area contributed by atoms with Gasteiger partial charge in [0, 0.05) is 18.0 Å². The highest BCUT2D eigenvalue weighted by Gasteiger charge is 2.32. The van der Waals surface area contributed by atoms with Gasteiger partial charge in [0.05, 0.1) is 40.3 Å². The van der Waals surface area contributed by atoms with Crippen molar-refractivity contribution in [2.75, 3.05) is 0 Å². The van der Waals surface area contributed by atoms with Gasteiger partial charge in [0.2, 0.25) is 15.7 Å². The van der Waals surface area contributed by atoms with Crippen molar-refractivity contribution >= 4 is 9.84 Å². The topological polar surface area (TPSA) is 159 Å². The van der Waals surface area contributed by atoms with Crippen molar-refractivity contribution in [1.29, 1.82) is 10.5 Å². The summed E-state index contributed by atoms with van der Waals surface area (Å²) in [5, 5.41) is 30.3. The van der Waals surface area contributed by atoms with E-state index >= 15 is 0 Å². The second-order valence-corrected chi connectivity index (χ2v) is 11.3. The van der Waals surface area contributed by atoms with Crippen molar-refractivity contribution < 1.29 is 18.3 Å². The standard InChI is InChI=1S/C30H27N5O5S/c1-4-26(22-7-5-6-20(14-22)15-31)35-27(18-40-19(2)3)34-29(36)28(30(35)37)41(38,39)24-10-8-21(9-11-24)25-17-33-13-12-23(25)16-32/h5-14,17,19,26,37H,4,18H2,1-3H3. The van der Waals surface area contributed by atoms with Crippen LogP contribution in [0.4, 0.5) is 0 Å². The van der Waals surface area contributed by atoms with Gasteiger partial charge in [-0.05, 0) is 61.7 Å². The number of hydrogen-bond acceptors (Lipinski definition) is 9. The molecule has 4 aromatic rings. The summed E-state index contributed by atoms with van der Waals surface area (Å²) < 4.78 is 34.5. The highest BCUT2D eigenvalue weighted by molar-refractivity contribution is 7.91. The molecule has 0 aliphatic rings. The van der Waals surface area contributed by atoms with Gasteiger partial charge in [-0.15, -0.1) is 0 Å². The molecule has 11 heteroatoms. The third-order valence-electron chi connectivity index (χ3n) is 6.46. The Morgan fingerprint density at radius 3 is 2.44 bits per heavy atom. The van der Waals surface area contributed by atoms with E-state index in [1.807, 2.05) is 6.92 Å². The molecule has 0 spiro atoms. The first kappa shape index (κ1) is 29.2. The molecule has 0 aliphatic carbocycles. The van der Waals surface area contributed by atoms with Crippen LogP contribution in [0.3, 0.4) is 0 Å². The minimum atomic E-state index is -4.54. The highest BCUT2D eigenvalue weighted by Crippen LogP contribution is 2.34. The van der Waals surface area contributed by atoms with Crippen LogP contribution < -0.4 is 5.56 Å². The minimum absolute atomic E-state index is 0.0466. The average Bonchev–Trinajstić information content (AvgIpc) is 2.97. The van der Waals surface area contributed by atoms with Crippen molar-refractivity contribution in [3.8, 4) is 29.1 Å². The smallest absolute Gasteiger partial charge is 0.296 e. The highest BCUT2D eigenvalue weighted by atomic mass is 32.2. The predicted octanol–water partition coefficient (Wildman–Crippen LogP) is 4.51. The Bertz CT molecular complexity index is 1840. The summed E-state index contributed by atoms with van der Waals surface area (Å²) in [5.41, 5.74) is 1.32. The first-order valence-corrected chi connectivity index (χ1v) is 14.3. The molecule has 0 saturated carbocycles. The lowest BCUT2D eigenvalue weighted by Gasteiger charge is -2.25. The molecule has 2 heterocycles. The molecule has 1 N–H and O–H groups in total. The maximum atomic E-state index is 13.8. The zero-order valence-corrected chi connectivity index (χ0v) is 23.5. The zero-order chi connectivity index (χ0) is 29.7. The summed E-state index contributed by atoms with van der Waals surface area (Å²) >= 11 is 0. The molecule has 4 rings (SSSR count). The molecular formula is C30H27N5O5S. The Hall–Kier alpha value is -4.84. The first-order valence-electron chi connectivity index (χ1n) is 12.8. The Kier molecular flexibility index (Phi) is 8.62. The number of sulfone groups is 1. The van der Waals surface area contributed by atoms with E-state index in [9.17, 15) is 28.8 Å². The lowest BCUT2D eigenvalue weighted by molar-refractivity contribution is 0.0571. The van der Waals surface area contributed by atoms with Crippen molar-refractivity contribution in [3.63, 3.8) is 0 Å². The number of aromatic nitrogens is 3. The number of ether oxygens (including phenoxy) is 1. The van der Waals surface area contributed by atoms with Crippen LogP contribution in [0.1, 0.15) is 55.7 Å². The molecule has 0 saturated heterocycles. The van der Waals surface area contributed by atoms with Gasteiger partial charge in [0.15, 0.2) is 4.90 Å². The van der Waals surface area contributed by atoms with Gasteiger partial charge in [-0.25, -0.2) is 8.42 Å². The Morgan fingerprint density at radius 2 is 1.80 bits per heavy atom. The Morgan fingerprint density at radius 1 is 1.07 bits per heavy atom. The van der Waals surface area contributed by atoms with E-state index in [1.165, 1.54) is 41.2 Å². The van der Waals surface area contributed by atoms with E-state index in [1.54, 1.807) is 44.2 Å². The summed E-state index contributed by atoms with van der Waals surface area (Å²) in [5.74, 6) is -0.727. The summed E-state index contributed by atoms with van der Waals surface area (Å²) in [6, 6.07) is 17.3. The van der Waals surface area contributed by atoms with E-state index in [4.69, 9.17) is 4.74 Å². The number of rotatable bonds is 9. The number of aromatic hydroxyl groups is 1. The molecule has 0 bridgehead atoms. The van der Waals surface area contributed by atoms with Crippen LogP contribution in [-0.4, -0.2) is 34.2 Å². The lowest BCUT2D eigenvalue weighted by atomic mass is 10.0. The summed E-state index contributed by atoms with van der Waals surface area (Å²) in [6.45, 7) is 5.26. The van der Waals surface area contributed by atoms with Crippen LogP contribution in [-0.2, 0) is 21.2 Å². The van der Waals surface area contributed by atoms with Crippen LogP contribution in [0.15, 0.2) is 81.6 Å². The predicted molar refractivity (Wildman–Crippen MR) is 150 cm³/mol. The van der Waals surface area contributed by atoms with Crippen LogP contribution >= 0.6 is 0 Å². The van der Waals surface area contributed by atoms with E-state index in [2.05, 4.69) is 22.1 Å². The maximum absolute atomic E-state index is 13.8. The largest absolute Gasteiger partial charge is 0.493 e. The molecule has 2 aromatic carbocycles. The quantitative estimate of drug-likeness (QED) is 0.306. The van der Waals surface area contributed by atoms with Gasteiger partial charge in [0.1, 0.15) is 12.4 Å². The van der Waals surface area contributed by atoms with Gasteiger partial charge in [-0.2, -0.15) is 15.5 Å². The number of nitrogens with zero attached hydrogens (tertiary/aromatic N) is 5. The number of hydrogen-bond donors (Lipinski definition) is 1. The van der Waals surface area contributed by atoms with Gasteiger partial charge in [0.25, 0.3) is 5.56 Å². The van der Waals surface area contributed by atoms with Crippen LogP contribution in [0.2, 0.25) is 0 Å². The van der Waals surface area contributed by atoms with Crippen molar-refractivity contribution in [2.45, 2.75) is 55.7 Å². The van der Waals surface area contributed by atoms with Gasteiger partial charge in [-0.3, -0.25) is 14.3 Å². The van der Waals surface area contributed by atoms with Crippen LogP contribution in [0.25, 0.3) is 11.1 Å². The number of nitriles is 2. The summed E-state index contributed by atoms with van der Waals surface area (Å²) in [4.78, 5) is 20.2. The normalized spacial score (nSPS) is 12.0. The molecule has 10 nitrogen and oxygen atoms in total. The van der Waals surface area contributed by atoms with Crippen LogP contribution in [0.5, 0.6) is 5.88 Å². The van der Waals surface area contributed by atoms with E-state index in [0.717, 1.165) is 0 Å². The molecule has 0 amide bonds. The SMILES string of the molecule is CCC(c1cccc(C#N)c1)n1c(COC(C)C)nc(=O)c(S(=O)(=O)c2ccc(-c3cnccc3C#N)cc2)c1O. The summed E-state index contributed by atoms with van der Waals surface area (Å²) in [6.07, 6.45) is 3.13. The minimum Gasteiger partial charge on any atom is -0.493 e. The molecule has 1 atom stereocenters. The Labute approximate surface area is 237 Å². The van der Waals surface area contributed by atoms with E-state index < -0.39 is 32.2 Å². The maximum Gasteiger partial charge on any atom is 0.296 e.